The van der Waals surface area contributed by atoms with Gasteiger partial charge in [-0.05, 0) is 54.1 Å². The number of fused-ring (bicyclic) bond motifs is 2. The van der Waals surface area contributed by atoms with Gasteiger partial charge in [-0.25, -0.2) is 18.9 Å². The molecule has 1 aliphatic rings. The van der Waals surface area contributed by atoms with Gasteiger partial charge in [0.2, 0.25) is 0 Å². The number of halogens is 1. The average Bonchev–Trinajstić information content (AvgIpc) is 3.59. The van der Waals surface area contributed by atoms with Gasteiger partial charge >= 0.3 is 0 Å². The molecule has 1 saturated heterocycles. The van der Waals surface area contributed by atoms with Gasteiger partial charge in [-0.15, -0.1) is 5.10 Å². The van der Waals surface area contributed by atoms with Gasteiger partial charge in [0.15, 0.2) is 5.65 Å². The van der Waals surface area contributed by atoms with E-state index in [1.165, 1.54) is 17.7 Å². The van der Waals surface area contributed by atoms with Crippen LogP contribution in [0.3, 0.4) is 0 Å². The van der Waals surface area contributed by atoms with Crippen LogP contribution in [-0.4, -0.2) is 44.2 Å². The lowest BCUT2D eigenvalue weighted by Crippen LogP contribution is -2.46. The summed E-state index contributed by atoms with van der Waals surface area (Å²) in [6.45, 7) is 2.54. The molecule has 2 aromatic carbocycles. The number of benzene rings is 2. The first-order chi connectivity index (χ1) is 18.2. The Bertz CT molecular complexity index is 1710. The van der Waals surface area contributed by atoms with Gasteiger partial charge in [0.05, 0.1) is 5.69 Å². The van der Waals surface area contributed by atoms with Crippen molar-refractivity contribution in [1.29, 1.82) is 0 Å². The molecule has 8 heteroatoms. The van der Waals surface area contributed by atoms with E-state index in [2.05, 4.69) is 44.5 Å². The number of imidazole rings is 1. The Morgan fingerprint density at radius 3 is 2.65 bits per heavy atom. The summed E-state index contributed by atoms with van der Waals surface area (Å²) >= 11 is 0. The highest BCUT2D eigenvalue weighted by atomic mass is 19.1. The predicted molar refractivity (Wildman–Crippen MR) is 143 cm³/mol. The Morgan fingerprint density at radius 1 is 0.919 bits per heavy atom. The van der Waals surface area contributed by atoms with Gasteiger partial charge in [0, 0.05) is 54.6 Å². The summed E-state index contributed by atoms with van der Waals surface area (Å²) < 4.78 is 15.7. The molecule has 0 bridgehead atoms. The van der Waals surface area contributed by atoms with Crippen molar-refractivity contribution in [2.75, 3.05) is 24.5 Å². The highest BCUT2D eigenvalue weighted by molar-refractivity contribution is 5.96. The standard InChI is InChI=1S/C29H24FN7/c30-21-8-6-20(7-9-21)27-28(22-12-14-32-29-23(22)13-15-33-29)37-25(34-27)10-11-26(35-37)36-17-16-31-24(18-36)19-4-2-1-3-5-19/h1-15,24,31H,16-18H2,(H,32,33). The molecule has 1 fully saturated rings. The molecule has 1 aliphatic heterocycles. The minimum atomic E-state index is -0.280. The number of nitrogens with one attached hydrogen (secondary N) is 2. The Hall–Kier alpha value is -4.56. The van der Waals surface area contributed by atoms with E-state index in [1.807, 2.05) is 41.0 Å². The number of H-pyrrole nitrogens is 1. The summed E-state index contributed by atoms with van der Waals surface area (Å²) in [5.74, 6) is 0.608. The van der Waals surface area contributed by atoms with Gasteiger partial charge in [-0.1, -0.05) is 30.3 Å². The number of pyridine rings is 1. The van der Waals surface area contributed by atoms with E-state index in [-0.39, 0.29) is 11.9 Å². The molecule has 6 aromatic rings. The average molecular weight is 490 g/mol. The summed E-state index contributed by atoms with van der Waals surface area (Å²) in [5, 5.41) is 9.71. The number of rotatable bonds is 4. The zero-order valence-electron chi connectivity index (χ0n) is 20.0. The smallest absolute Gasteiger partial charge is 0.155 e. The minimum Gasteiger partial charge on any atom is -0.352 e. The maximum atomic E-state index is 13.7. The third-order valence-electron chi connectivity index (χ3n) is 7.00. The van der Waals surface area contributed by atoms with Crippen molar-refractivity contribution in [2.45, 2.75) is 6.04 Å². The van der Waals surface area contributed by atoms with E-state index in [0.717, 1.165) is 64.6 Å². The van der Waals surface area contributed by atoms with Crippen LogP contribution in [0.1, 0.15) is 11.6 Å². The van der Waals surface area contributed by atoms with E-state index in [9.17, 15) is 4.39 Å². The summed E-state index contributed by atoms with van der Waals surface area (Å²) in [4.78, 5) is 14.9. The first-order valence-electron chi connectivity index (χ1n) is 12.4. The maximum Gasteiger partial charge on any atom is 0.155 e. The SMILES string of the molecule is Fc1ccc(-c2nc3ccc(N4CCNC(c5ccccc5)C4)nn3c2-c2ccnc3[nH]ccc23)cc1. The number of aromatic amines is 1. The largest absolute Gasteiger partial charge is 0.352 e. The Morgan fingerprint density at radius 2 is 1.78 bits per heavy atom. The highest BCUT2D eigenvalue weighted by Gasteiger charge is 2.24. The van der Waals surface area contributed by atoms with E-state index >= 15 is 0 Å². The fraction of sp³-hybridized carbons (Fsp3) is 0.138. The Labute approximate surface area is 212 Å². The first-order valence-corrected chi connectivity index (χ1v) is 12.4. The van der Waals surface area contributed by atoms with Crippen molar-refractivity contribution < 1.29 is 4.39 Å². The van der Waals surface area contributed by atoms with E-state index in [4.69, 9.17) is 10.1 Å². The van der Waals surface area contributed by atoms with Crippen molar-refractivity contribution >= 4 is 22.5 Å². The monoisotopic (exact) mass is 489 g/mol. The zero-order valence-corrected chi connectivity index (χ0v) is 20.0. The van der Waals surface area contributed by atoms with Crippen LogP contribution in [0.5, 0.6) is 0 Å². The van der Waals surface area contributed by atoms with Gasteiger partial charge in [-0.2, -0.15) is 0 Å². The second-order valence-corrected chi connectivity index (χ2v) is 9.24. The van der Waals surface area contributed by atoms with Gasteiger partial charge < -0.3 is 15.2 Å². The topological polar surface area (TPSA) is 74.1 Å². The summed E-state index contributed by atoms with van der Waals surface area (Å²) in [6, 6.07) is 25.2. The molecule has 0 spiro atoms. The van der Waals surface area contributed by atoms with Crippen LogP contribution < -0.4 is 10.2 Å². The van der Waals surface area contributed by atoms with Crippen LogP contribution in [0.2, 0.25) is 0 Å². The number of hydrogen-bond donors (Lipinski definition) is 2. The van der Waals surface area contributed by atoms with Crippen LogP contribution >= 0.6 is 0 Å². The highest BCUT2D eigenvalue weighted by Crippen LogP contribution is 2.36. The number of piperazine rings is 1. The Balaban J connectivity index is 1.38. The molecule has 2 N–H and O–H groups in total. The van der Waals surface area contributed by atoms with E-state index in [1.54, 1.807) is 18.3 Å². The number of anilines is 1. The molecule has 5 heterocycles. The molecule has 1 atom stereocenters. The molecule has 1 unspecified atom stereocenters. The second kappa shape index (κ2) is 8.83. The first kappa shape index (κ1) is 21.7. The molecule has 7 rings (SSSR count). The fourth-order valence-electron chi connectivity index (χ4n) is 5.18. The van der Waals surface area contributed by atoms with Crippen LogP contribution in [-0.2, 0) is 0 Å². The minimum absolute atomic E-state index is 0.226. The summed E-state index contributed by atoms with van der Waals surface area (Å²) in [7, 11) is 0. The summed E-state index contributed by atoms with van der Waals surface area (Å²) in [6.07, 6.45) is 3.66. The van der Waals surface area contributed by atoms with Gasteiger partial charge in [0.25, 0.3) is 0 Å². The molecule has 0 radical (unpaired) electrons. The molecule has 7 nitrogen and oxygen atoms in total. The van der Waals surface area contributed by atoms with Crippen molar-refractivity contribution in [3.63, 3.8) is 0 Å². The van der Waals surface area contributed by atoms with Crippen LogP contribution in [0, 0.1) is 5.82 Å². The third kappa shape index (κ3) is 3.82. The second-order valence-electron chi connectivity index (χ2n) is 9.24. The Kier molecular flexibility index (Phi) is 5.18. The van der Waals surface area contributed by atoms with E-state index in [0.29, 0.717) is 0 Å². The zero-order chi connectivity index (χ0) is 24.8. The lowest BCUT2D eigenvalue weighted by Gasteiger charge is -2.34. The van der Waals surface area contributed by atoms with Gasteiger partial charge in [0.1, 0.15) is 23.0 Å². The molecule has 4 aromatic heterocycles. The number of nitrogens with zero attached hydrogens (tertiary/aromatic N) is 5. The lowest BCUT2D eigenvalue weighted by molar-refractivity contribution is 0.468. The quantitative estimate of drug-likeness (QED) is 0.355. The molecule has 0 amide bonds. The predicted octanol–water partition coefficient (Wildman–Crippen LogP) is 5.23. The molecular formula is C29H24FN7. The summed E-state index contributed by atoms with van der Waals surface area (Å²) in [5.41, 5.74) is 6.18. The van der Waals surface area contributed by atoms with Crippen LogP contribution in [0.15, 0.2) is 91.3 Å². The lowest BCUT2D eigenvalue weighted by atomic mass is 10.0. The maximum absolute atomic E-state index is 13.7. The normalized spacial score (nSPS) is 16.0. The van der Waals surface area contributed by atoms with Gasteiger partial charge in [-0.3, -0.25) is 0 Å². The number of hydrogen-bond acceptors (Lipinski definition) is 5. The molecule has 0 saturated carbocycles. The molecular weight excluding hydrogens is 465 g/mol. The molecule has 0 aliphatic carbocycles. The van der Waals surface area contributed by atoms with Crippen molar-refractivity contribution in [3.8, 4) is 22.5 Å². The van der Waals surface area contributed by atoms with E-state index < -0.39 is 0 Å². The third-order valence-corrected chi connectivity index (χ3v) is 7.00. The molecule has 37 heavy (non-hydrogen) atoms. The van der Waals surface area contributed by atoms with Crippen molar-refractivity contribution in [1.82, 2.24) is 29.9 Å². The fourth-order valence-corrected chi connectivity index (χ4v) is 5.18. The molecule has 182 valence electrons. The van der Waals surface area contributed by atoms with Crippen LogP contribution in [0.25, 0.3) is 39.2 Å². The van der Waals surface area contributed by atoms with Crippen molar-refractivity contribution in [2.24, 2.45) is 0 Å². The van der Waals surface area contributed by atoms with Crippen LogP contribution in [0.4, 0.5) is 10.2 Å². The number of aromatic nitrogens is 5. The van der Waals surface area contributed by atoms with Crippen molar-refractivity contribution in [3.05, 3.63) is 103 Å².